The molecule has 0 saturated heterocycles. The molecule has 1 aliphatic rings. The first kappa shape index (κ1) is 27.3. The van der Waals surface area contributed by atoms with Crippen molar-refractivity contribution in [2.75, 3.05) is 14.2 Å². The van der Waals surface area contributed by atoms with Gasteiger partial charge in [-0.1, -0.05) is 0 Å². The maximum absolute atomic E-state index is 16.5. The summed E-state index contributed by atoms with van der Waals surface area (Å²) < 4.78 is 41.6. The number of fused-ring (bicyclic) bond motifs is 1. The number of methoxy groups -OCH3 is 1. The Morgan fingerprint density at radius 1 is 1.05 bits per heavy atom. The van der Waals surface area contributed by atoms with Crippen LogP contribution in [0.15, 0.2) is 71.5 Å². The minimum absolute atomic E-state index is 0.00134. The lowest BCUT2D eigenvalue weighted by Crippen LogP contribution is -2.18. The van der Waals surface area contributed by atoms with Crippen molar-refractivity contribution in [3.8, 4) is 28.2 Å². The van der Waals surface area contributed by atoms with Crippen LogP contribution in [0.25, 0.3) is 33.4 Å². The highest BCUT2D eigenvalue weighted by Crippen LogP contribution is 2.51. The van der Waals surface area contributed by atoms with Gasteiger partial charge in [0, 0.05) is 36.2 Å². The van der Waals surface area contributed by atoms with E-state index >= 15 is 4.39 Å². The number of benzene rings is 3. The van der Waals surface area contributed by atoms with Crippen LogP contribution in [-0.4, -0.2) is 35.8 Å². The minimum Gasteiger partial charge on any atom is -0.496 e. The molecule has 212 valence electrons. The maximum Gasteiger partial charge on any atom is 0.255 e. The van der Waals surface area contributed by atoms with Gasteiger partial charge in [0.05, 0.1) is 29.3 Å². The molecule has 0 unspecified atom stereocenters. The van der Waals surface area contributed by atoms with E-state index in [0.717, 1.165) is 18.5 Å². The first-order valence-corrected chi connectivity index (χ1v) is 13.5. The highest BCUT2D eigenvalue weighted by molar-refractivity contribution is 6.12. The van der Waals surface area contributed by atoms with E-state index in [1.54, 1.807) is 37.4 Å². The van der Waals surface area contributed by atoms with Gasteiger partial charge in [0.2, 0.25) is 0 Å². The van der Waals surface area contributed by atoms with Crippen molar-refractivity contribution in [1.82, 2.24) is 15.3 Å². The van der Waals surface area contributed by atoms with Crippen molar-refractivity contribution < 1.29 is 27.5 Å². The molecule has 2 aromatic heterocycles. The number of carbonyl (C=O) groups is 2. The normalized spacial score (nSPS) is 13.6. The summed E-state index contributed by atoms with van der Waals surface area (Å²) in [5.74, 6) is -1.29. The zero-order valence-electron chi connectivity index (χ0n) is 23.3. The summed E-state index contributed by atoms with van der Waals surface area (Å²) in [6, 6.07) is 13.8. The number of carbonyl (C=O) groups excluding carboxylic acids is 2. The van der Waals surface area contributed by atoms with Crippen LogP contribution in [0.4, 0.5) is 8.78 Å². The average molecular weight is 568 g/mol. The largest absolute Gasteiger partial charge is 0.496 e. The van der Waals surface area contributed by atoms with E-state index in [2.05, 4.69) is 15.3 Å². The van der Waals surface area contributed by atoms with Crippen LogP contribution in [0.5, 0.6) is 5.75 Å². The molecule has 1 fully saturated rings. The number of hydrogen-bond acceptors (Lipinski definition) is 6. The van der Waals surface area contributed by atoms with E-state index in [1.165, 1.54) is 44.8 Å². The number of ketones is 1. The minimum atomic E-state index is -0.672. The summed E-state index contributed by atoms with van der Waals surface area (Å²) in [5.41, 5.74) is 2.77. The van der Waals surface area contributed by atoms with Gasteiger partial charge in [-0.3, -0.25) is 9.59 Å². The van der Waals surface area contributed by atoms with Crippen molar-refractivity contribution >= 4 is 22.7 Å². The Labute approximate surface area is 240 Å². The van der Waals surface area contributed by atoms with Gasteiger partial charge in [0.1, 0.15) is 35.1 Å². The molecule has 0 atom stereocenters. The summed E-state index contributed by atoms with van der Waals surface area (Å²) >= 11 is 0. The molecule has 1 N–H and O–H groups in total. The summed E-state index contributed by atoms with van der Waals surface area (Å²) in [5, 5.41) is 2.54. The van der Waals surface area contributed by atoms with Gasteiger partial charge in [-0.25, -0.2) is 18.7 Å². The summed E-state index contributed by atoms with van der Waals surface area (Å²) in [6.45, 7) is 1.80. The third-order valence-electron chi connectivity index (χ3n) is 7.97. The van der Waals surface area contributed by atoms with Gasteiger partial charge < -0.3 is 14.5 Å². The zero-order chi connectivity index (χ0) is 29.6. The third kappa shape index (κ3) is 4.60. The fourth-order valence-electron chi connectivity index (χ4n) is 5.54. The van der Waals surface area contributed by atoms with E-state index in [4.69, 9.17) is 9.15 Å². The van der Waals surface area contributed by atoms with Gasteiger partial charge >= 0.3 is 0 Å². The van der Waals surface area contributed by atoms with Crippen LogP contribution >= 0.6 is 0 Å². The number of amides is 1. The SMILES string of the molecule is CNC(=O)c1c(-c2ccc(F)cc2)oc2ccc(-c3cc(C(=O)CC4(c5ccncn5)CC4)c(OC)cc3C)c(F)c12. The predicted octanol–water partition coefficient (Wildman–Crippen LogP) is 6.82. The van der Waals surface area contributed by atoms with Crippen LogP contribution in [0, 0.1) is 18.6 Å². The van der Waals surface area contributed by atoms with Crippen LogP contribution < -0.4 is 10.1 Å². The second kappa shape index (κ2) is 10.5. The van der Waals surface area contributed by atoms with Crippen molar-refractivity contribution in [2.24, 2.45) is 0 Å². The van der Waals surface area contributed by atoms with E-state index in [9.17, 15) is 14.0 Å². The van der Waals surface area contributed by atoms with Gasteiger partial charge in [-0.05, 0) is 85.5 Å². The molecule has 0 spiro atoms. The Balaban J connectivity index is 1.47. The van der Waals surface area contributed by atoms with Crippen LogP contribution in [0.3, 0.4) is 0 Å². The molecule has 1 saturated carbocycles. The van der Waals surface area contributed by atoms with E-state index in [0.29, 0.717) is 28.0 Å². The fourth-order valence-corrected chi connectivity index (χ4v) is 5.54. The van der Waals surface area contributed by atoms with Crippen molar-refractivity contribution in [1.29, 1.82) is 0 Å². The molecular formula is C33H27F2N3O4. The van der Waals surface area contributed by atoms with Gasteiger partial charge in [0.25, 0.3) is 5.91 Å². The summed E-state index contributed by atoms with van der Waals surface area (Å²) in [6.07, 6.45) is 5.05. The first-order valence-electron chi connectivity index (χ1n) is 13.5. The van der Waals surface area contributed by atoms with E-state index in [1.807, 2.05) is 6.07 Å². The standard InChI is InChI=1S/C33H27F2N3O4/c1-18-14-26(41-3)23(24(39)16-33(11-12-33)27-10-13-37-17-38-27)15-22(18)21-8-9-25-28(30(21)35)29(32(40)36-2)31(42-25)19-4-6-20(34)7-5-19/h4-10,13-15,17H,11-12,16H2,1-3H3,(H,36,40). The Bertz CT molecular complexity index is 1850. The number of ether oxygens (including phenoxy) is 1. The molecule has 6 rings (SSSR count). The smallest absolute Gasteiger partial charge is 0.255 e. The summed E-state index contributed by atoms with van der Waals surface area (Å²) in [4.78, 5) is 35.1. The fraction of sp³-hybridized carbons (Fsp3) is 0.212. The Morgan fingerprint density at radius 3 is 2.45 bits per heavy atom. The van der Waals surface area contributed by atoms with Crippen molar-refractivity contribution in [2.45, 2.75) is 31.6 Å². The lowest BCUT2D eigenvalue weighted by molar-refractivity contribution is 0.0957. The Kier molecular flexibility index (Phi) is 6.80. The van der Waals surface area contributed by atoms with E-state index < -0.39 is 17.5 Å². The highest BCUT2D eigenvalue weighted by atomic mass is 19.1. The van der Waals surface area contributed by atoms with E-state index in [-0.39, 0.29) is 45.5 Å². The number of hydrogen-bond donors (Lipinski definition) is 1. The Hall–Kier alpha value is -4.92. The molecule has 42 heavy (non-hydrogen) atoms. The number of aryl methyl sites for hydroxylation is 1. The molecule has 1 amide bonds. The number of rotatable bonds is 8. The molecule has 1 aliphatic carbocycles. The van der Waals surface area contributed by atoms with Crippen LogP contribution in [0.1, 0.15) is 51.2 Å². The van der Waals surface area contributed by atoms with Crippen LogP contribution in [-0.2, 0) is 5.41 Å². The average Bonchev–Trinajstić information content (AvgIpc) is 3.68. The van der Waals surface area contributed by atoms with Gasteiger partial charge in [-0.15, -0.1) is 0 Å². The maximum atomic E-state index is 16.5. The third-order valence-corrected chi connectivity index (χ3v) is 7.97. The van der Waals surface area contributed by atoms with Crippen molar-refractivity contribution in [3.05, 3.63) is 101 Å². The molecule has 9 heteroatoms. The van der Waals surface area contributed by atoms with Crippen molar-refractivity contribution in [3.63, 3.8) is 0 Å². The molecule has 0 bridgehead atoms. The number of nitrogens with zero attached hydrogens (tertiary/aromatic N) is 2. The number of aromatic nitrogens is 2. The van der Waals surface area contributed by atoms with Gasteiger partial charge in [0.15, 0.2) is 5.78 Å². The van der Waals surface area contributed by atoms with Gasteiger partial charge in [-0.2, -0.15) is 0 Å². The lowest BCUT2D eigenvalue weighted by Gasteiger charge is -2.17. The second-order valence-corrected chi connectivity index (χ2v) is 10.5. The molecule has 3 aromatic carbocycles. The monoisotopic (exact) mass is 567 g/mol. The second-order valence-electron chi connectivity index (χ2n) is 10.5. The Morgan fingerprint density at radius 2 is 1.81 bits per heavy atom. The molecule has 0 radical (unpaired) electrons. The number of furan rings is 1. The zero-order valence-corrected chi connectivity index (χ0v) is 23.3. The topological polar surface area (TPSA) is 94.3 Å². The molecule has 0 aliphatic heterocycles. The lowest BCUT2D eigenvalue weighted by atomic mass is 9.89. The summed E-state index contributed by atoms with van der Waals surface area (Å²) in [7, 11) is 2.93. The number of nitrogens with one attached hydrogen (secondary N) is 1. The predicted molar refractivity (Wildman–Crippen MR) is 154 cm³/mol. The molecule has 5 aromatic rings. The number of Topliss-reactive ketones (excluding diaryl/α,β-unsaturated/α-hetero) is 1. The first-order chi connectivity index (χ1) is 20.3. The highest BCUT2D eigenvalue weighted by Gasteiger charge is 2.47. The molecule has 2 heterocycles. The molecular weight excluding hydrogens is 540 g/mol. The number of halogens is 2. The molecule has 7 nitrogen and oxygen atoms in total. The van der Waals surface area contributed by atoms with Crippen LogP contribution in [0.2, 0.25) is 0 Å². The quantitative estimate of drug-likeness (QED) is 0.207.